The number of hydrogen-bond acceptors (Lipinski definition) is 2. The first-order valence-corrected chi connectivity index (χ1v) is 5.74. The lowest BCUT2D eigenvalue weighted by Crippen LogP contribution is -2.12. The number of nitrogens with two attached hydrogens (primary N) is 1. The molecule has 0 saturated carbocycles. The van der Waals surface area contributed by atoms with Crippen molar-refractivity contribution in [3.63, 3.8) is 0 Å². The molecule has 0 aliphatic carbocycles. The topological polar surface area (TPSA) is 49.9 Å². The second kappa shape index (κ2) is 6.70. The Morgan fingerprint density at radius 2 is 1.40 bits per heavy atom. The summed E-state index contributed by atoms with van der Waals surface area (Å²) in [7, 11) is 0. The van der Waals surface area contributed by atoms with Crippen molar-refractivity contribution >= 4 is 33.9 Å². The van der Waals surface area contributed by atoms with Crippen LogP contribution in [0.4, 0.5) is 26.3 Å². The highest BCUT2D eigenvalue weighted by atomic mass is 79.9. The van der Waals surface area contributed by atoms with Crippen molar-refractivity contribution in [2.75, 3.05) is 0 Å². The molecule has 0 amide bonds. The molecule has 10 heteroatoms. The van der Waals surface area contributed by atoms with Crippen LogP contribution < -0.4 is 5.73 Å². The van der Waals surface area contributed by atoms with E-state index in [1.807, 2.05) is 0 Å². The largest absolute Gasteiger partial charge is 0.416 e. The highest BCUT2D eigenvalue weighted by Gasteiger charge is 2.36. The van der Waals surface area contributed by atoms with Gasteiger partial charge in [-0.25, -0.2) is 0 Å². The van der Waals surface area contributed by atoms with E-state index in [9.17, 15) is 26.3 Å². The number of thioether (sulfide) groups is 1. The minimum atomic E-state index is -4.86. The quantitative estimate of drug-likeness (QED) is 0.451. The molecular formula is C10H9BrF6N2S. The lowest BCUT2D eigenvalue weighted by Gasteiger charge is -2.13. The van der Waals surface area contributed by atoms with Gasteiger partial charge in [-0.3, -0.25) is 5.41 Å². The van der Waals surface area contributed by atoms with Gasteiger partial charge in [0, 0.05) is 5.75 Å². The van der Waals surface area contributed by atoms with Crippen LogP contribution in [0.3, 0.4) is 0 Å². The van der Waals surface area contributed by atoms with Crippen LogP contribution in [0.25, 0.3) is 0 Å². The Labute approximate surface area is 125 Å². The van der Waals surface area contributed by atoms with E-state index >= 15 is 0 Å². The zero-order valence-electron chi connectivity index (χ0n) is 9.60. The number of alkyl halides is 6. The molecule has 1 aromatic carbocycles. The van der Waals surface area contributed by atoms with Gasteiger partial charge in [-0.15, -0.1) is 17.0 Å². The van der Waals surface area contributed by atoms with Gasteiger partial charge in [0.15, 0.2) is 5.17 Å². The van der Waals surface area contributed by atoms with Crippen molar-refractivity contribution in [1.29, 1.82) is 5.41 Å². The lowest BCUT2D eigenvalue weighted by atomic mass is 10.1. The van der Waals surface area contributed by atoms with Crippen LogP contribution in [0, 0.1) is 5.41 Å². The fourth-order valence-electron chi connectivity index (χ4n) is 1.26. The number of benzene rings is 1. The van der Waals surface area contributed by atoms with Crippen molar-refractivity contribution in [1.82, 2.24) is 0 Å². The maximum atomic E-state index is 12.5. The summed E-state index contributed by atoms with van der Waals surface area (Å²) in [6.45, 7) is 0. The van der Waals surface area contributed by atoms with Crippen LogP contribution in [0.15, 0.2) is 18.2 Å². The number of nitrogens with one attached hydrogen (secondary N) is 1. The van der Waals surface area contributed by atoms with Crippen LogP contribution >= 0.6 is 28.7 Å². The fraction of sp³-hybridized carbons (Fsp3) is 0.300. The zero-order chi connectivity index (χ0) is 14.8. The third-order valence-corrected chi connectivity index (χ3v) is 2.83. The first-order valence-electron chi connectivity index (χ1n) is 4.75. The number of amidine groups is 1. The van der Waals surface area contributed by atoms with Gasteiger partial charge in [0.1, 0.15) is 0 Å². The van der Waals surface area contributed by atoms with Gasteiger partial charge >= 0.3 is 12.4 Å². The van der Waals surface area contributed by atoms with Gasteiger partial charge in [0.25, 0.3) is 0 Å². The van der Waals surface area contributed by atoms with Crippen molar-refractivity contribution in [2.24, 2.45) is 5.73 Å². The van der Waals surface area contributed by atoms with E-state index in [0.717, 1.165) is 0 Å². The summed E-state index contributed by atoms with van der Waals surface area (Å²) < 4.78 is 75.0. The molecule has 0 aliphatic heterocycles. The highest BCUT2D eigenvalue weighted by Crippen LogP contribution is 2.36. The Hall–Kier alpha value is -0.900. The molecule has 0 bridgehead atoms. The van der Waals surface area contributed by atoms with Crippen LogP contribution in [0.5, 0.6) is 0 Å². The Kier molecular flexibility index (Phi) is 6.40. The van der Waals surface area contributed by atoms with Crippen molar-refractivity contribution in [3.8, 4) is 0 Å². The monoisotopic (exact) mass is 382 g/mol. The molecule has 0 saturated heterocycles. The normalized spacial score (nSPS) is 11.9. The molecule has 0 heterocycles. The average molecular weight is 383 g/mol. The molecule has 0 spiro atoms. The lowest BCUT2D eigenvalue weighted by molar-refractivity contribution is -0.143. The molecule has 20 heavy (non-hydrogen) atoms. The molecule has 0 atom stereocenters. The van der Waals surface area contributed by atoms with E-state index in [2.05, 4.69) is 0 Å². The van der Waals surface area contributed by atoms with Crippen LogP contribution in [0.2, 0.25) is 0 Å². The fourth-order valence-corrected chi connectivity index (χ4v) is 1.75. The van der Waals surface area contributed by atoms with Gasteiger partial charge < -0.3 is 5.73 Å². The number of rotatable bonds is 2. The summed E-state index contributed by atoms with van der Waals surface area (Å²) in [5.41, 5.74) is 2.05. The van der Waals surface area contributed by atoms with E-state index in [-0.39, 0.29) is 39.5 Å². The summed E-state index contributed by atoms with van der Waals surface area (Å²) in [6, 6.07) is 1.29. The Bertz CT molecular complexity index is 453. The van der Waals surface area contributed by atoms with Gasteiger partial charge in [0.2, 0.25) is 0 Å². The summed E-state index contributed by atoms with van der Waals surface area (Å²) >= 11 is 0.649. The Balaban J connectivity index is 0.00000361. The van der Waals surface area contributed by atoms with Gasteiger partial charge in [-0.05, 0) is 23.8 Å². The van der Waals surface area contributed by atoms with Crippen LogP contribution in [0.1, 0.15) is 16.7 Å². The molecule has 2 nitrogen and oxygen atoms in total. The first kappa shape index (κ1) is 19.1. The Morgan fingerprint density at radius 1 is 1.00 bits per heavy atom. The maximum absolute atomic E-state index is 12.5. The summed E-state index contributed by atoms with van der Waals surface area (Å²) in [6.07, 6.45) is -9.73. The van der Waals surface area contributed by atoms with Crippen LogP contribution in [-0.2, 0) is 18.1 Å². The average Bonchev–Trinajstić information content (AvgIpc) is 2.23. The minimum absolute atomic E-state index is 0. The van der Waals surface area contributed by atoms with E-state index in [1.165, 1.54) is 0 Å². The second-order valence-corrected chi connectivity index (χ2v) is 4.58. The molecule has 0 radical (unpaired) electrons. The Morgan fingerprint density at radius 3 is 1.70 bits per heavy atom. The predicted octanol–water partition coefficient (Wildman–Crippen LogP) is 4.43. The third-order valence-electron chi connectivity index (χ3n) is 2.04. The van der Waals surface area contributed by atoms with E-state index in [4.69, 9.17) is 11.1 Å². The predicted molar refractivity (Wildman–Crippen MR) is 70.0 cm³/mol. The van der Waals surface area contributed by atoms with Crippen molar-refractivity contribution in [3.05, 3.63) is 34.9 Å². The zero-order valence-corrected chi connectivity index (χ0v) is 12.1. The number of halogens is 7. The molecule has 0 fully saturated rings. The number of hydrogen-bond donors (Lipinski definition) is 2. The van der Waals surface area contributed by atoms with Gasteiger partial charge in [-0.2, -0.15) is 26.3 Å². The van der Waals surface area contributed by atoms with E-state index in [1.54, 1.807) is 0 Å². The summed E-state index contributed by atoms with van der Waals surface area (Å²) in [5, 5.41) is 6.51. The highest BCUT2D eigenvalue weighted by molar-refractivity contribution is 8.93. The van der Waals surface area contributed by atoms with E-state index < -0.39 is 23.5 Å². The summed E-state index contributed by atoms with van der Waals surface area (Å²) in [5.74, 6) is -0.234. The first-order chi connectivity index (χ1) is 8.50. The summed E-state index contributed by atoms with van der Waals surface area (Å²) in [4.78, 5) is 0. The van der Waals surface area contributed by atoms with Crippen molar-refractivity contribution < 1.29 is 26.3 Å². The molecule has 1 aromatic rings. The molecule has 0 aliphatic rings. The minimum Gasteiger partial charge on any atom is -0.379 e. The second-order valence-electron chi connectivity index (χ2n) is 3.57. The molecule has 114 valence electrons. The molecular weight excluding hydrogens is 374 g/mol. The van der Waals surface area contributed by atoms with E-state index in [0.29, 0.717) is 23.9 Å². The molecule has 1 rings (SSSR count). The molecule has 3 N–H and O–H groups in total. The SMILES string of the molecule is Br.N=C(N)SCc1cc(C(F)(F)F)cc(C(F)(F)F)c1. The van der Waals surface area contributed by atoms with Gasteiger partial charge in [-0.1, -0.05) is 11.8 Å². The maximum Gasteiger partial charge on any atom is 0.416 e. The molecule has 0 unspecified atom stereocenters. The smallest absolute Gasteiger partial charge is 0.379 e. The van der Waals surface area contributed by atoms with Crippen molar-refractivity contribution in [2.45, 2.75) is 18.1 Å². The van der Waals surface area contributed by atoms with Gasteiger partial charge in [0.05, 0.1) is 11.1 Å². The standard InChI is InChI=1S/C10H8F6N2S.BrH/c11-9(12,13)6-1-5(4-19-8(17)18)2-7(3-6)10(14,15)16;/h1-3H,4H2,(H3,17,18);1H. The third kappa shape index (κ3) is 5.61. The van der Waals surface area contributed by atoms with Crippen LogP contribution in [-0.4, -0.2) is 5.17 Å². The molecule has 0 aromatic heterocycles.